The van der Waals surface area contributed by atoms with Gasteiger partial charge in [0.2, 0.25) is 0 Å². The van der Waals surface area contributed by atoms with Crippen LogP contribution in [0.25, 0.3) is 0 Å². The average molecular weight is 452 g/mol. The van der Waals surface area contributed by atoms with E-state index in [0.717, 1.165) is 12.1 Å². The lowest BCUT2D eigenvalue weighted by atomic mass is 10.2. The second-order valence-corrected chi connectivity index (χ2v) is 8.00. The van der Waals surface area contributed by atoms with Gasteiger partial charge < -0.3 is 5.11 Å². The predicted molar refractivity (Wildman–Crippen MR) is 92.4 cm³/mol. The number of anilines is 1. The van der Waals surface area contributed by atoms with Gasteiger partial charge in [-0.25, -0.2) is 8.42 Å². The summed E-state index contributed by atoms with van der Waals surface area (Å²) in [5.74, 6) is -1.27. The van der Waals surface area contributed by atoms with E-state index in [1.54, 1.807) is 0 Å². The fourth-order valence-electron chi connectivity index (χ4n) is 2.16. The van der Waals surface area contributed by atoms with E-state index in [2.05, 4.69) is 15.9 Å². The first-order chi connectivity index (χ1) is 12.0. The van der Waals surface area contributed by atoms with Crippen molar-refractivity contribution in [1.82, 2.24) is 0 Å². The average Bonchev–Trinajstić information content (AvgIpc) is 2.54. The summed E-state index contributed by atoms with van der Waals surface area (Å²) in [4.78, 5) is 10.7. The summed E-state index contributed by atoms with van der Waals surface area (Å²) < 4.78 is 65.8. The van der Waals surface area contributed by atoms with Crippen molar-refractivity contribution in [2.45, 2.75) is 17.5 Å². The Labute approximate surface area is 156 Å². The molecule has 0 aliphatic heterocycles. The van der Waals surface area contributed by atoms with Crippen molar-refractivity contribution < 1.29 is 31.5 Å². The summed E-state index contributed by atoms with van der Waals surface area (Å²) in [6, 6.07) is 9.24. The van der Waals surface area contributed by atoms with Crippen molar-refractivity contribution in [3.63, 3.8) is 0 Å². The van der Waals surface area contributed by atoms with Crippen LogP contribution in [-0.2, 0) is 21.0 Å². The van der Waals surface area contributed by atoms with Crippen LogP contribution in [0.4, 0.5) is 18.9 Å². The molecule has 0 heterocycles. The molecule has 0 amide bonds. The van der Waals surface area contributed by atoms with Crippen molar-refractivity contribution >= 4 is 37.6 Å². The molecule has 0 atom stereocenters. The minimum atomic E-state index is -4.66. The molecule has 0 spiro atoms. The van der Waals surface area contributed by atoms with Gasteiger partial charge in [0.15, 0.2) is 0 Å². The quantitative estimate of drug-likeness (QED) is 0.715. The summed E-state index contributed by atoms with van der Waals surface area (Å²) in [6.45, 7) is -0.505. The second-order valence-electron chi connectivity index (χ2n) is 5.22. The van der Waals surface area contributed by atoms with Gasteiger partial charge in [0.05, 0.1) is 22.6 Å². The van der Waals surface area contributed by atoms with Gasteiger partial charge in [-0.1, -0.05) is 22.0 Å². The smallest absolute Gasteiger partial charge is 0.416 e. The molecule has 5 nitrogen and oxygen atoms in total. The number of sulfonamides is 1. The highest BCUT2D eigenvalue weighted by atomic mass is 79.9. The van der Waals surface area contributed by atoms with E-state index < -0.39 is 40.7 Å². The Morgan fingerprint density at radius 2 is 1.73 bits per heavy atom. The van der Waals surface area contributed by atoms with Gasteiger partial charge in [-0.3, -0.25) is 9.10 Å². The van der Waals surface area contributed by atoms with Gasteiger partial charge in [-0.2, -0.15) is 13.2 Å². The van der Waals surface area contributed by atoms with Gasteiger partial charge in [-0.05, 0) is 42.5 Å². The molecule has 0 radical (unpaired) electrons. The van der Waals surface area contributed by atoms with E-state index in [0.29, 0.717) is 14.8 Å². The minimum Gasteiger partial charge on any atom is -0.481 e. The lowest BCUT2D eigenvalue weighted by Crippen LogP contribution is -2.33. The Kier molecular flexibility index (Phi) is 5.97. The molecule has 10 heteroatoms. The Balaban J connectivity index is 2.53. The molecule has 0 aliphatic rings. The number of aliphatic carboxylic acids is 1. The number of benzene rings is 2. The van der Waals surface area contributed by atoms with Gasteiger partial charge in [0.1, 0.15) is 0 Å². The fraction of sp³-hybridized carbons (Fsp3) is 0.188. The number of carbonyl (C=O) groups is 1. The summed E-state index contributed by atoms with van der Waals surface area (Å²) >= 11 is 3.16. The third kappa shape index (κ3) is 4.76. The maximum Gasteiger partial charge on any atom is 0.416 e. The van der Waals surface area contributed by atoms with Crippen molar-refractivity contribution in [2.75, 3.05) is 10.8 Å². The third-order valence-corrected chi connectivity index (χ3v) is 5.76. The first-order valence-corrected chi connectivity index (χ1v) is 9.42. The molecule has 0 saturated heterocycles. The minimum absolute atomic E-state index is 0.163. The molecule has 26 heavy (non-hydrogen) atoms. The fourth-order valence-corrected chi connectivity index (χ4v) is 3.88. The SMILES string of the molecule is O=C(O)CCN(c1cccc(C(F)(F)F)c1)S(=O)(=O)c1ccc(Br)cc1. The monoisotopic (exact) mass is 451 g/mol. The van der Waals surface area contributed by atoms with Crippen LogP contribution in [0, 0.1) is 0 Å². The highest BCUT2D eigenvalue weighted by Crippen LogP contribution is 2.33. The van der Waals surface area contributed by atoms with E-state index in [1.165, 1.54) is 30.3 Å². The molecular weight excluding hydrogens is 439 g/mol. The first-order valence-electron chi connectivity index (χ1n) is 7.19. The summed E-state index contributed by atoms with van der Waals surface area (Å²) in [6.07, 6.45) is -5.22. The molecule has 0 unspecified atom stereocenters. The molecule has 1 N–H and O–H groups in total. The second kappa shape index (κ2) is 7.67. The standard InChI is InChI=1S/C16H13BrF3NO4S/c17-12-4-6-14(7-5-12)26(24,25)21(9-8-15(22)23)13-3-1-2-11(10-13)16(18,19)20/h1-7,10H,8-9H2,(H,22,23). The number of halogens is 4. The molecule has 0 saturated carbocycles. The molecule has 2 aromatic rings. The number of hydrogen-bond donors (Lipinski definition) is 1. The zero-order valence-corrected chi connectivity index (χ0v) is 15.5. The number of hydrogen-bond acceptors (Lipinski definition) is 3. The van der Waals surface area contributed by atoms with Crippen LogP contribution in [0.5, 0.6) is 0 Å². The molecule has 2 aromatic carbocycles. The highest BCUT2D eigenvalue weighted by Gasteiger charge is 2.32. The van der Waals surface area contributed by atoms with Crippen LogP contribution in [-0.4, -0.2) is 26.0 Å². The maximum absolute atomic E-state index is 12.9. The molecule has 2 rings (SSSR count). The molecular formula is C16H13BrF3NO4S. The van der Waals surface area contributed by atoms with Gasteiger partial charge in [-0.15, -0.1) is 0 Å². The van der Waals surface area contributed by atoms with Crippen LogP contribution in [0.15, 0.2) is 57.9 Å². The van der Waals surface area contributed by atoms with Gasteiger partial charge in [0, 0.05) is 11.0 Å². The lowest BCUT2D eigenvalue weighted by Gasteiger charge is -2.24. The Bertz CT molecular complexity index is 898. The van der Waals surface area contributed by atoms with Crippen LogP contribution >= 0.6 is 15.9 Å². The van der Waals surface area contributed by atoms with Crippen molar-refractivity contribution in [2.24, 2.45) is 0 Å². The van der Waals surface area contributed by atoms with E-state index in [9.17, 15) is 26.4 Å². The van der Waals surface area contributed by atoms with Crippen molar-refractivity contribution in [1.29, 1.82) is 0 Å². The summed E-state index contributed by atoms with van der Waals surface area (Å²) in [5, 5.41) is 8.86. The van der Waals surface area contributed by atoms with Crippen molar-refractivity contribution in [3.05, 3.63) is 58.6 Å². The molecule has 0 aliphatic carbocycles. The van der Waals surface area contributed by atoms with Crippen LogP contribution in [0.2, 0.25) is 0 Å². The topological polar surface area (TPSA) is 74.7 Å². The molecule has 0 aromatic heterocycles. The van der Waals surface area contributed by atoms with Crippen molar-refractivity contribution in [3.8, 4) is 0 Å². The van der Waals surface area contributed by atoms with E-state index in [4.69, 9.17) is 5.11 Å². The third-order valence-electron chi connectivity index (χ3n) is 3.39. The van der Waals surface area contributed by atoms with E-state index >= 15 is 0 Å². The van der Waals surface area contributed by atoms with Gasteiger partial charge in [0.25, 0.3) is 10.0 Å². The summed E-state index contributed by atoms with van der Waals surface area (Å²) in [7, 11) is -4.25. The number of rotatable bonds is 6. The van der Waals surface area contributed by atoms with Crippen LogP contribution in [0.3, 0.4) is 0 Å². The number of nitrogens with zero attached hydrogens (tertiary/aromatic N) is 1. The zero-order valence-electron chi connectivity index (χ0n) is 13.1. The highest BCUT2D eigenvalue weighted by molar-refractivity contribution is 9.10. The molecule has 140 valence electrons. The maximum atomic E-state index is 12.9. The number of carboxylic acids is 1. The molecule has 0 bridgehead atoms. The molecule has 0 fully saturated rings. The number of carboxylic acid groups (broad SMARTS) is 1. The zero-order chi connectivity index (χ0) is 19.5. The van der Waals surface area contributed by atoms with E-state index in [-0.39, 0.29) is 10.6 Å². The lowest BCUT2D eigenvalue weighted by molar-refractivity contribution is -0.138. The van der Waals surface area contributed by atoms with Gasteiger partial charge >= 0.3 is 12.1 Å². The Hall–Kier alpha value is -2.07. The largest absolute Gasteiger partial charge is 0.481 e. The Morgan fingerprint density at radius 3 is 2.27 bits per heavy atom. The normalized spacial score (nSPS) is 12.0. The predicted octanol–water partition coefficient (Wildman–Crippen LogP) is 4.14. The Morgan fingerprint density at radius 1 is 1.12 bits per heavy atom. The van der Waals surface area contributed by atoms with Crippen LogP contribution in [0.1, 0.15) is 12.0 Å². The number of alkyl halides is 3. The first kappa shape index (κ1) is 20.2. The van der Waals surface area contributed by atoms with Crippen LogP contribution < -0.4 is 4.31 Å². The van der Waals surface area contributed by atoms with E-state index in [1.807, 2.05) is 0 Å². The summed E-state index contributed by atoms with van der Waals surface area (Å²) in [5.41, 5.74) is -1.29.